The second-order valence-electron chi connectivity index (χ2n) is 5.32. The number of alkyl carbamates (subject to hydrolysis) is 1. The molecule has 110 valence electrons. The van der Waals surface area contributed by atoms with Gasteiger partial charge < -0.3 is 15.2 Å². The van der Waals surface area contributed by atoms with Crippen LogP contribution < -0.4 is 5.32 Å². The van der Waals surface area contributed by atoms with Crippen LogP contribution in [0.15, 0.2) is 24.3 Å². The first-order valence-corrected chi connectivity index (χ1v) is 6.52. The summed E-state index contributed by atoms with van der Waals surface area (Å²) >= 11 is 6.03. The molecule has 2 N–H and O–H groups in total. The van der Waals surface area contributed by atoms with E-state index in [0.717, 1.165) is 0 Å². The van der Waals surface area contributed by atoms with Gasteiger partial charge in [0, 0.05) is 5.02 Å². The Morgan fingerprint density at radius 3 is 2.45 bits per heavy atom. The van der Waals surface area contributed by atoms with Crippen molar-refractivity contribution in [2.24, 2.45) is 0 Å². The summed E-state index contributed by atoms with van der Waals surface area (Å²) in [5, 5.41) is 11.9. The van der Waals surface area contributed by atoms with Gasteiger partial charge in [-0.2, -0.15) is 0 Å². The van der Waals surface area contributed by atoms with Crippen LogP contribution in [0.25, 0.3) is 0 Å². The highest BCUT2D eigenvalue weighted by Gasteiger charge is 2.23. The van der Waals surface area contributed by atoms with Gasteiger partial charge in [0.2, 0.25) is 0 Å². The Morgan fingerprint density at radius 2 is 1.95 bits per heavy atom. The molecule has 1 rings (SSSR count). The molecule has 0 saturated carbocycles. The number of aliphatic carboxylic acids is 1. The highest BCUT2D eigenvalue weighted by molar-refractivity contribution is 6.31. The normalized spacial score (nSPS) is 12.6. The van der Waals surface area contributed by atoms with Crippen molar-refractivity contribution in [2.75, 3.05) is 0 Å². The van der Waals surface area contributed by atoms with Crippen LogP contribution in [-0.2, 0) is 9.53 Å². The third-order valence-electron chi connectivity index (χ3n) is 2.35. The monoisotopic (exact) mass is 299 g/mol. The molecule has 0 bridgehead atoms. The highest BCUT2D eigenvalue weighted by atomic mass is 35.5. The average Bonchev–Trinajstić information content (AvgIpc) is 2.25. The summed E-state index contributed by atoms with van der Waals surface area (Å²) in [5.41, 5.74) is -0.111. The van der Waals surface area contributed by atoms with Gasteiger partial charge >= 0.3 is 12.1 Å². The molecule has 1 aromatic rings. The third-order valence-corrected chi connectivity index (χ3v) is 2.69. The zero-order chi connectivity index (χ0) is 15.3. The number of ether oxygens (including phenoxy) is 1. The summed E-state index contributed by atoms with van der Waals surface area (Å²) < 4.78 is 5.13. The van der Waals surface area contributed by atoms with Crippen molar-refractivity contribution < 1.29 is 19.4 Å². The first kappa shape index (κ1) is 16.3. The van der Waals surface area contributed by atoms with E-state index in [1.807, 2.05) is 0 Å². The molecule has 0 unspecified atom stereocenters. The van der Waals surface area contributed by atoms with Crippen LogP contribution in [0, 0.1) is 0 Å². The van der Waals surface area contributed by atoms with Gasteiger partial charge in [0.1, 0.15) is 5.60 Å². The Labute approximate surface area is 122 Å². The molecule has 0 fully saturated rings. The fourth-order valence-electron chi connectivity index (χ4n) is 1.62. The lowest BCUT2D eigenvalue weighted by atomic mass is 10.0. The van der Waals surface area contributed by atoms with Crippen molar-refractivity contribution in [1.29, 1.82) is 0 Å². The van der Waals surface area contributed by atoms with E-state index in [9.17, 15) is 9.59 Å². The summed E-state index contributed by atoms with van der Waals surface area (Å²) in [6.07, 6.45) is -0.952. The molecule has 1 aromatic carbocycles. The highest BCUT2D eigenvalue weighted by Crippen LogP contribution is 2.25. The smallest absolute Gasteiger partial charge is 0.408 e. The SMILES string of the molecule is CC(C)(C)OC(=O)N[C@H](CC(=O)O)c1ccccc1Cl. The standard InChI is InChI=1S/C14H18ClNO4/c1-14(2,3)20-13(19)16-11(8-12(17)18)9-6-4-5-7-10(9)15/h4-7,11H,8H2,1-3H3,(H,16,19)(H,17,18)/t11-/m1/s1. The van der Waals surface area contributed by atoms with Crippen molar-refractivity contribution in [2.45, 2.75) is 38.8 Å². The number of hydrogen-bond donors (Lipinski definition) is 2. The van der Waals surface area contributed by atoms with Gasteiger partial charge in [-0.05, 0) is 32.4 Å². The molecule has 0 radical (unpaired) electrons. The molecule has 5 nitrogen and oxygen atoms in total. The zero-order valence-electron chi connectivity index (χ0n) is 11.6. The number of carboxylic acid groups (broad SMARTS) is 1. The number of carboxylic acids is 1. The predicted octanol–water partition coefficient (Wildman–Crippen LogP) is 3.38. The van der Waals surface area contributed by atoms with Crippen LogP contribution in [0.1, 0.15) is 38.8 Å². The Morgan fingerprint density at radius 1 is 1.35 bits per heavy atom. The fraction of sp³-hybridized carbons (Fsp3) is 0.429. The van der Waals surface area contributed by atoms with Gasteiger partial charge in [0.15, 0.2) is 0 Å². The molecule has 0 heterocycles. The molecule has 0 aliphatic rings. The van der Waals surface area contributed by atoms with Gasteiger partial charge in [-0.25, -0.2) is 4.79 Å². The first-order chi connectivity index (χ1) is 9.19. The fourth-order valence-corrected chi connectivity index (χ4v) is 1.89. The lowest BCUT2D eigenvalue weighted by molar-refractivity contribution is -0.137. The number of amides is 1. The third kappa shape index (κ3) is 5.48. The van der Waals surface area contributed by atoms with Gasteiger partial charge in [-0.1, -0.05) is 29.8 Å². The van der Waals surface area contributed by atoms with Crippen LogP contribution in [0.4, 0.5) is 4.79 Å². The lowest BCUT2D eigenvalue weighted by Crippen LogP contribution is -2.35. The quantitative estimate of drug-likeness (QED) is 0.893. The second-order valence-corrected chi connectivity index (χ2v) is 5.73. The van der Waals surface area contributed by atoms with Gasteiger partial charge in [0.25, 0.3) is 0 Å². The minimum Gasteiger partial charge on any atom is -0.481 e. The number of carbonyl (C=O) groups excluding carboxylic acids is 1. The van der Waals surface area contributed by atoms with Crippen LogP contribution >= 0.6 is 11.6 Å². The Hall–Kier alpha value is -1.75. The van der Waals surface area contributed by atoms with E-state index in [1.54, 1.807) is 45.0 Å². The molecule has 0 aliphatic heterocycles. The zero-order valence-corrected chi connectivity index (χ0v) is 12.4. The van der Waals surface area contributed by atoms with E-state index in [2.05, 4.69) is 5.32 Å². The molecule has 20 heavy (non-hydrogen) atoms. The van der Waals surface area contributed by atoms with Crippen molar-refractivity contribution in [3.63, 3.8) is 0 Å². The van der Waals surface area contributed by atoms with Crippen LogP contribution in [0.2, 0.25) is 5.02 Å². The van der Waals surface area contributed by atoms with Gasteiger partial charge in [-0.3, -0.25) is 4.79 Å². The maximum absolute atomic E-state index is 11.8. The van der Waals surface area contributed by atoms with E-state index in [0.29, 0.717) is 10.6 Å². The number of nitrogens with one attached hydrogen (secondary N) is 1. The molecule has 1 amide bonds. The van der Waals surface area contributed by atoms with E-state index >= 15 is 0 Å². The van der Waals surface area contributed by atoms with E-state index < -0.39 is 23.7 Å². The Bertz CT molecular complexity index is 496. The maximum Gasteiger partial charge on any atom is 0.408 e. The Balaban J connectivity index is 2.88. The topological polar surface area (TPSA) is 75.6 Å². The van der Waals surface area contributed by atoms with Gasteiger partial charge in [-0.15, -0.1) is 0 Å². The van der Waals surface area contributed by atoms with E-state index in [4.69, 9.17) is 21.4 Å². The van der Waals surface area contributed by atoms with E-state index in [-0.39, 0.29) is 6.42 Å². The first-order valence-electron chi connectivity index (χ1n) is 6.15. The van der Waals surface area contributed by atoms with Crippen molar-refractivity contribution >= 4 is 23.7 Å². The number of halogens is 1. The summed E-state index contributed by atoms with van der Waals surface area (Å²) in [4.78, 5) is 22.7. The number of benzene rings is 1. The molecular formula is C14H18ClNO4. The van der Waals surface area contributed by atoms with Crippen molar-refractivity contribution in [3.05, 3.63) is 34.9 Å². The number of hydrogen-bond acceptors (Lipinski definition) is 3. The largest absolute Gasteiger partial charge is 0.481 e. The van der Waals surface area contributed by atoms with Gasteiger partial charge in [0.05, 0.1) is 12.5 Å². The van der Waals surface area contributed by atoms with Crippen LogP contribution in [0.5, 0.6) is 0 Å². The average molecular weight is 300 g/mol. The number of carbonyl (C=O) groups is 2. The van der Waals surface area contributed by atoms with Crippen LogP contribution in [0.3, 0.4) is 0 Å². The molecule has 6 heteroatoms. The Kier molecular flexibility index (Phi) is 5.39. The minimum absolute atomic E-state index is 0.275. The van der Waals surface area contributed by atoms with Crippen molar-refractivity contribution in [1.82, 2.24) is 5.32 Å². The summed E-state index contributed by atoms with van der Waals surface area (Å²) in [6, 6.07) is 6.04. The second kappa shape index (κ2) is 6.61. The van der Waals surface area contributed by atoms with E-state index in [1.165, 1.54) is 0 Å². The summed E-state index contributed by atoms with van der Waals surface area (Å²) in [5.74, 6) is -1.04. The maximum atomic E-state index is 11.8. The molecule has 0 aromatic heterocycles. The molecule has 0 spiro atoms. The summed E-state index contributed by atoms with van der Waals surface area (Å²) in [7, 11) is 0. The predicted molar refractivity (Wildman–Crippen MR) is 75.8 cm³/mol. The summed E-state index contributed by atoms with van der Waals surface area (Å²) in [6.45, 7) is 5.19. The lowest BCUT2D eigenvalue weighted by Gasteiger charge is -2.23. The number of rotatable bonds is 4. The van der Waals surface area contributed by atoms with Crippen molar-refractivity contribution in [3.8, 4) is 0 Å². The molecule has 0 saturated heterocycles. The molecule has 1 atom stereocenters. The molecular weight excluding hydrogens is 282 g/mol. The van der Waals surface area contributed by atoms with Crippen LogP contribution in [-0.4, -0.2) is 22.8 Å². The molecule has 0 aliphatic carbocycles. The minimum atomic E-state index is -1.04.